The van der Waals surface area contributed by atoms with Gasteiger partial charge in [0.05, 0.1) is 11.9 Å². The number of carbonyl (C=O) groups excluding carboxylic acids is 1. The van der Waals surface area contributed by atoms with E-state index in [1.165, 1.54) is 16.8 Å². The molecule has 1 atom stereocenters. The van der Waals surface area contributed by atoms with Crippen molar-refractivity contribution in [3.05, 3.63) is 65.7 Å². The topological polar surface area (TPSA) is 72.7 Å². The molecule has 1 fully saturated rings. The maximum Gasteiger partial charge on any atom is 0.249 e. The van der Waals surface area contributed by atoms with E-state index in [1.807, 2.05) is 19.1 Å². The van der Waals surface area contributed by atoms with Crippen LogP contribution >= 0.6 is 0 Å². The molecule has 2 aromatic heterocycles. The number of hydrogen-bond donors (Lipinski definition) is 1. The second kappa shape index (κ2) is 6.67. The van der Waals surface area contributed by atoms with Crippen molar-refractivity contribution in [1.29, 1.82) is 0 Å². The second-order valence-corrected chi connectivity index (χ2v) is 6.54. The number of nitrogens with one attached hydrogen (secondary N) is 1. The Hall–Kier alpha value is -3.09. The molecule has 132 valence electrons. The maximum atomic E-state index is 13.3. The SMILES string of the molecule is Cc1ccnc(-c2cn(C(C(=O)NC3CC3)c3ccc(F)cc3)nn2)c1. The van der Waals surface area contributed by atoms with E-state index in [1.54, 1.807) is 24.5 Å². The van der Waals surface area contributed by atoms with Crippen molar-refractivity contribution in [2.24, 2.45) is 0 Å². The molecule has 1 aliphatic carbocycles. The van der Waals surface area contributed by atoms with Gasteiger partial charge in [0.2, 0.25) is 5.91 Å². The van der Waals surface area contributed by atoms with Crippen LogP contribution in [0.5, 0.6) is 0 Å². The third-order valence-electron chi connectivity index (χ3n) is 4.31. The molecule has 7 heteroatoms. The highest BCUT2D eigenvalue weighted by Crippen LogP contribution is 2.24. The standard InChI is InChI=1S/C19H18FN5O/c1-12-8-9-21-16(10-12)17-11-25(24-23-17)18(19(26)22-15-6-7-15)13-2-4-14(20)5-3-13/h2-5,8-11,15,18H,6-7H2,1H3,(H,22,26). The van der Waals surface area contributed by atoms with E-state index >= 15 is 0 Å². The number of aryl methyl sites for hydroxylation is 1. The Morgan fingerprint density at radius 3 is 2.69 bits per heavy atom. The zero-order valence-corrected chi connectivity index (χ0v) is 14.3. The van der Waals surface area contributed by atoms with Gasteiger partial charge in [-0.3, -0.25) is 9.78 Å². The fourth-order valence-electron chi connectivity index (χ4n) is 2.77. The van der Waals surface area contributed by atoms with Crippen molar-refractivity contribution >= 4 is 5.91 Å². The number of rotatable bonds is 5. The minimum atomic E-state index is -0.706. The number of amides is 1. The van der Waals surface area contributed by atoms with Crippen LogP contribution in [0.25, 0.3) is 11.4 Å². The summed E-state index contributed by atoms with van der Waals surface area (Å²) in [7, 11) is 0. The van der Waals surface area contributed by atoms with E-state index in [0.717, 1.165) is 18.4 Å². The van der Waals surface area contributed by atoms with Crippen molar-refractivity contribution in [3.63, 3.8) is 0 Å². The molecule has 0 spiro atoms. The number of aromatic nitrogens is 4. The summed E-state index contributed by atoms with van der Waals surface area (Å²) in [5.74, 6) is -0.522. The van der Waals surface area contributed by atoms with E-state index in [4.69, 9.17) is 0 Å². The molecule has 0 radical (unpaired) electrons. The van der Waals surface area contributed by atoms with Crippen molar-refractivity contribution in [1.82, 2.24) is 25.3 Å². The van der Waals surface area contributed by atoms with E-state index < -0.39 is 6.04 Å². The quantitative estimate of drug-likeness (QED) is 0.767. The molecule has 26 heavy (non-hydrogen) atoms. The lowest BCUT2D eigenvalue weighted by Gasteiger charge is -2.17. The van der Waals surface area contributed by atoms with Crippen LogP contribution in [-0.2, 0) is 4.79 Å². The van der Waals surface area contributed by atoms with E-state index in [0.29, 0.717) is 17.0 Å². The number of nitrogens with zero attached hydrogens (tertiary/aromatic N) is 4. The number of benzene rings is 1. The molecular weight excluding hydrogens is 333 g/mol. The molecule has 1 aromatic carbocycles. The molecule has 3 aromatic rings. The summed E-state index contributed by atoms with van der Waals surface area (Å²) >= 11 is 0. The number of halogens is 1. The van der Waals surface area contributed by atoms with Crippen molar-refractivity contribution < 1.29 is 9.18 Å². The van der Waals surface area contributed by atoms with Crippen LogP contribution in [0, 0.1) is 12.7 Å². The first-order chi connectivity index (χ1) is 12.6. The van der Waals surface area contributed by atoms with Gasteiger partial charge in [0.25, 0.3) is 0 Å². The molecule has 0 bridgehead atoms. The largest absolute Gasteiger partial charge is 0.351 e. The normalized spacial score (nSPS) is 14.8. The Morgan fingerprint density at radius 2 is 2.00 bits per heavy atom. The van der Waals surface area contributed by atoms with Crippen LogP contribution in [0.1, 0.15) is 30.0 Å². The Balaban J connectivity index is 1.69. The lowest BCUT2D eigenvalue weighted by molar-refractivity contribution is -0.123. The Morgan fingerprint density at radius 1 is 1.23 bits per heavy atom. The minimum Gasteiger partial charge on any atom is -0.351 e. The van der Waals surface area contributed by atoms with E-state index in [2.05, 4.69) is 20.6 Å². The third-order valence-corrected chi connectivity index (χ3v) is 4.31. The zero-order valence-electron chi connectivity index (χ0n) is 14.3. The summed E-state index contributed by atoms with van der Waals surface area (Å²) in [4.78, 5) is 17.1. The van der Waals surface area contributed by atoms with Gasteiger partial charge in [-0.1, -0.05) is 17.3 Å². The molecular formula is C19H18FN5O. The molecule has 0 aliphatic heterocycles. The van der Waals surface area contributed by atoms with E-state index in [9.17, 15) is 9.18 Å². The number of pyridine rings is 1. The number of hydrogen-bond acceptors (Lipinski definition) is 4. The molecule has 4 rings (SSSR count). The molecule has 1 aliphatic rings. The van der Waals surface area contributed by atoms with Crippen molar-refractivity contribution in [2.45, 2.75) is 31.8 Å². The highest BCUT2D eigenvalue weighted by Gasteiger charge is 2.30. The molecule has 1 N–H and O–H groups in total. The van der Waals surface area contributed by atoms with Crippen LogP contribution < -0.4 is 5.32 Å². The summed E-state index contributed by atoms with van der Waals surface area (Å²) in [6.07, 6.45) is 5.37. The van der Waals surface area contributed by atoms with Crippen molar-refractivity contribution in [3.8, 4) is 11.4 Å². The molecule has 1 amide bonds. The number of carbonyl (C=O) groups is 1. The smallest absolute Gasteiger partial charge is 0.249 e. The van der Waals surface area contributed by atoms with Crippen LogP contribution in [0.4, 0.5) is 4.39 Å². The van der Waals surface area contributed by atoms with Crippen LogP contribution in [0.2, 0.25) is 0 Å². The Labute approximate surface area is 150 Å². The lowest BCUT2D eigenvalue weighted by Crippen LogP contribution is -2.35. The fourth-order valence-corrected chi connectivity index (χ4v) is 2.77. The first-order valence-electron chi connectivity index (χ1n) is 8.51. The van der Waals surface area contributed by atoms with Gasteiger partial charge in [-0.15, -0.1) is 5.10 Å². The summed E-state index contributed by atoms with van der Waals surface area (Å²) in [6, 6.07) is 9.19. The third kappa shape index (κ3) is 3.46. The van der Waals surface area contributed by atoms with Gasteiger partial charge in [0, 0.05) is 12.2 Å². The summed E-state index contributed by atoms with van der Waals surface area (Å²) in [5, 5.41) is 11.3. The van der Waals surface area contributed by atoms with Gasteiger partial charge >= 0.3 is 0 Å². The van der Waals surface area contributed by atoms with Crippen LogP contribution in [0.15, 0.2) is 48.8 Å². The molecule has 1 saturated carbocycles. The molecule has 2 heterocycles. The summed E-state index contributed by atoms with van der Waals surface area (Å²) in [5.41, 5.74) is 2.99. The monoisotopic (exact) mass is 351 g/mol. The average Bonchev–Trinajstić information content (AvgIpc) is 3.30. The van der Waals surface area contributed by atoms with Gasteiger partial charge in [-0.2, -0.15) is 0 Å². The van der Waals surface area contributed by atoms with Gasteiger partial charge in [-0.05, 0) is 55.2 Å². The highest BCUT2D eigenvalue weighted by molar-refractivity contribution is 5.84. The lowest BCUT2D eigenvalue weighted by atomic mass is 10.1. The van der Waals surface area contributed by atoms with Crippen LogP contribution in [0.3, 0.4) is 0 Å². The zero-order chi connectivity index (χ0) is 18.1. The average molecular weight is 351 g/mol. The predicted octanol–water partition coefficient (Wildman–Crippen LogP) is 2.66. The molecule has 1 unspecified atom stereocenters. The van der Waals surface area contributed by atoms with Gasteiger partial charge < -0.3 is 5.32 Å². The maximum absolute atomic E-state index is 13.3. The summed E-state index contributed by atoms with van der Waals surface area (Å²) < 4.78 is 14.8. The Kier molecular flexibility index (Phi) is 4.20. The minimum absolute atomic E-state index is 0.173. The molecule has 6 nitrogen and oxygen atoms in total. The highest BCUT2D eigenvalue weighted by atomic mass is 19.1. The van der Waals surface area contributed by atoms with Gasteiger partial charge in [-0.25, -0.2) is 9.07 Å². The van der Waals surface area contributed by atoms with Crippen LogP contribution in [-0.4, -0.2) is 31.9 Å². The van der Waals surface area contributed by atoms with Gasteiger partial charge in [0.15, 0.2) is 6.04 Å². The second-order valence-electron chi connectivity index (χ2n) is 6.54. The summed E-state index contributed by atoms with van der Waals surface area (Å²) in [6.45, 7) is 1.97. The molecule has 0 saturated heterocycles. The first-order valence-corrected chi connectivity index (χ1v) is 8.51. The van der Waals surface area contributed by atoms with Crippen molar-refractivity contribution in [2.75, 3.05) is 0 Å². The Bertz CT molecular complexity index is 933. The predicted molar refractivity (Wildman–Crippen MR) is 93.7 cm³/mol. The first kappa shape index (κ1) is 16.4. The fraction of sp³-hybridized carbons (Fsp3) is 0.263. The van der Waals surface area contributed by atoms with E-state index in [-0.39, 0.29) is 17.8 Å². The van der Waals surface area contributed by atoms with Gasteiger partial charge in [0.1, 0.15) is 11.5 Å².